The van der Waals surface area contributed by atoms with E-state index in [1.165, 1.54) is 0 Å². The van der Waals surface area contributed by atoms with E-state index in [-0.39, 0.29) is 11.6 Å². The number of hydrogen-bond acceptors (Lipinski definition) is 2. The van der Waals surface area contributed by atoms with Gasteiger partial charge in [0.15, 0.2) is 0 Å². The van der Waals surface area contributed by atoms with Gasteiger partial charge in [0.2, 0.25) is 0 Å². The smallest absolute Gasteiger partial charge is 0.314 e. The van der Waals surface area contributed by atoms with Crippen molar-refractivity contribution in [3.05, 3.63) is 0 Å². The molecule has 1 fully saturated rings. The van der Waals surface area contributed by atoms with Crippen LogP contribution in [0.1, 0.15) is 26.7 Å². The van der Waals surface area contributed by atoms with E-state index < -0.39 is 0 Å². The molecule has 2 N–H and O–H groups in total. The molecule has 0 aromatic carbocycles. The number of nitrogens with one attached hydrogen (secondary N) is 2. The number of hydrogen-bond donors (Lipinski definition) is 2. The molecule has 0 radical (unpaired) electrons. The fourth-order valence-electron chi connectivity index (χ4n) is 1.47. The van der Waals surface area contributed by atoms with Crippen LogP contribution in [-0.2, 0) is 4.74 Å². The lowest BCUT2D eigenvalue weighted by molar-refractivity contribution is 0.0229. The number of carbonyl (C=O) groups is 1. The molecule has 1 rings (SSSR count). The first-order chi connectivity index (χ1) is 6.16. The maximum atomic E-state index is 11.1. The summed E-state index contributed by atoms with van der Waals surface area (Å²) in [4.78, 5) is 11.1. The first-order valence-electron chi connectivity index (χ1n) is 4.82. The molecular weight excluding hydrogens is 168 g/mol. The molecule has 76 valence electrons. The Bertz CT molecular complexity index is 176. The SMILES string of the molecule is CCNC(=O)NCC1(C)CCCO1. The van der Waals surface area contributed by atoms with E-state index in [9.17, 15) is 4.79 Å². The van der Waals surface area contributed by atoms with Crippen LogP contribution in [0.15, 0.2) is 0 Å². The van der Waals surface area contributed by atoms with Gasteiger partial charge in [0, 0.05) is 19.7 Å². The molecule has 1 aliphatic rings. The summed E-state index contributed by atoms with van der Waals surface area (Å²) >= 11 is 0. The van der Waals surface area contributed by atoms with E-state index >= 15 is 0 Å². The predicted molar refractivity (Wildman–Crippen MR) is 50.7 cm³/mol. The van der Waals surface area contributed by atoms with Gasteiger partial charge in [0.25, 0.3) is 0 Å². The van der Waals surface area contributed by atoms with Gasteiger partial charge in [-0.1, -0.05) is 0 Å². The molecule has 0 aromatic heterocycles. The molecule has 13 heavy (non-hydrogen) atoms. The summed E-state index contributed by atoms with van der Waals surface area (Å²) in [5.41, 5.74) is -0.148. The minimum atomic E-state index is -0.148. The van der Waals surface area contributed by atoms with Crippen LogP contribution >= 0.6 is 0 Å². The minimum Gasteiger partial charge on any atom is -0.373 e. The number of carbonyl (C=O) groups excluding carboxylic acids is 1. The van der Waals surface area contributed by atoms with Gasteiger partial charge in [0.05, 0.1) is 5.60 Å². The molecule has 1 atom stereocenters. The largest absolute Gasteiger partial charge is 0.373 e. The van der Waals surface area contributed by atoms with Crippen molar-refractivity contribution in [1.29, 1.82) is 0 Å². The number of amides is 2. The third kappa shape index (κ3) is 3.22. The molecule has 1 heterocycles. The average Bonchev–Trinajstić information content (AvgIpc) is 2.51. The molecule has 0 aromatic rings. The molecule has 1 saturated heterocycles. The zero-order valence-electron chi connectivity index (χ0n) is 8.35. The Balaban J connectivity index is 2.21. The highest BCUT2D eigenvalue weighted by Gasteiger charge is 2.29. The van der Waals surface area contributed by atoms with Crippen LogP contribution in [-0.4, -0.2) is 31.3 Å². The van der Waals surface area contributed by atoms with Crippen LogP contribution in [0.2, 0.25) is 0 Å². The van der Waals surface area contributed by atoms with Gasteiger partial charge >= 0.3 is 6.03 Å². The van der Waals surface area contributed by atoms with E-state index in [2.05, 4.69) is 10.6 Å². The van der Waals surface area contributed by atoms with Gasteiger partial charge < -0.3 is 15.4 Å². The Morgan fingerprint density at radius 1 is 1.54 bits per heavy atom. The van der Waals surface area contributed by atoms with Crippen molar-refractivity contribution in [3.8, 4) is 0 Å². The van der Waals surface area contributed by atoms with Crippen molar-refractivity contribution < 1.29 is 9.53 Å². The molecule has 0 saturated carbocycles. The lowest BCUT2D eigenvalue weighted by atomic mass is 10.0. The Kier molecular flexibility index (Phi) is 3.54. The zero-order valence-corrected chi connectivity index (χ0v) is 8.35. The van der Waals surface area contributed by atoms with Crippen molar-refractivity contribution in [2.75, 3.05) is 19.7 Å². The van der Waals surface area contributed by atoms with Crippen molar-refractivity contribution in [2.45, 2.75) is 32.3 Å². The highest BCUT2D eigenvalue weighted by Crippen LogP contribution is 2.23. The summed E-state index contributed by atoms with van der Waals surface area (Å²) < 4.78 is 5.53. The standard InChI is InChI=1S/C9H18N2O2/c1-3-10-8(12)11-7-9(2)5-4-6-13-9/h3-7H2,1-2H3,(H2,10,11,12). The average molecular weight is 186 g/mol. The van der Waals surface area contributed by atoms with Gasteiger partial charge in [-0.3, -0.25) is 0 Å². The minimum absolute atomic E-state index is 0.112. The fraction of sp³-hybridized carbons (Fsp3) is 0.889. The number of urea groups is 1. The Labute approximate surface area is 79.0 Å². The zero-order chi connectivity index (χ0) is 9.73. The third-order valence-electron chi connectivity index (χ3n) is 2.26. The van der Waals surface area contributed by atoms with Gasteiger partial charge in [-0.2, -0.15) is 0 Å². The van der Waals surface area contributed by atoms with Crippen molar-refractivity contribution in [2.24, 2.45) is 0 Å². The van der Waals surface area contributed by atoms with Crippen LogP contribution < -0.4 is 10.6 Å². The van der Waals surface area contributed by atoms with Gasteiger partial charge in [-0.05, 0) is 26.7 Å². The number of rotatable bonds is 3. The van der Waals surface area contributed by atoms with E-state index in [4.69, 9.17) is 4.74 Å². The Morgan fingerprint density at radius 2 is 2.31 bits per heavy atom. The summed E-state index contributed by atoms with van der Waals surface area (Å²) in [5, 5.41) is 5.47. The van der Waals surface area contributed by atoms with Crippen molar-refractivity contribution in [1.82, 2.24) is 10.6 Å². The second kappa shape index (κ2) is 4.46. The fourth-order valence-corrected chi connectivity index (χ4v) is 1.47. The highest BCUT2D eigenvalue weighted by atomic mass is 16.5. The van der Waals surface area contributed by atoms with Crippen LogP contribution in [0.3, 0.4) is 0 Å². The summed E-state index contributed by atoms with van der Waals surface area (Å²) in [6, 6.07) is -0.112. The molecule has 4 nitrogen and oxygen atoms in total. The Hall–Kier alpha value is -0.770. The molecule has 0 spiro atoms. The van der Waals surface area contributed by atoms with E-state index in [1.807, 2.05) is 13.8 Å². The third-order valence-corrected chi connectivity index (χ3v) is 2.26. The van der Waals surface area contributed by atoms with Crippen LogP contribution in [0.5, 0.6) is 0 Å². The summed E-state index contributed by atoms with van der Waals surface area (Å²) in [6.07, 6.45) is 2.12. The molecule has 1 unspecified atom stereocenters. The molecular formula is C9H18N2O2. The molecule has 2 amide bonds. The summed E-state index contributed by atoms with van der Waals surface area (Å²) in [7, 11) is 0. The first-order valence-corrected chi connectivity index (χ1v) is 4.82. The molecule has 0 aliphatic carbocycles. The monoisotopic (exact) mass is 186 g/mol. The lowest BCUT2D eigenvalue weighted by Gasteiger charge is -2.23. The maximum absolute atomic E-state index is 11.1. The molecule has 4 heteroatoms. The maximum Gasteiger partial charge on any atom is 0.314 e. The van der Waals surface area contributed by atoms with Crippen molar-refractivity contribution >= 4 is 6.03 Å². The number of ether oxygens (including phenoxy) is 1. The Morgan fingerprint density at radius 3 is 2.85 bits per heavy atom. The normalized spacial score (nSPS) is 27.2. The molecule has 0 bridgehead atoms. The van der Waals surface area contributed by atoms with Gasteiger partial charge in [-0.25, -0.2) is 4.79 Å². The van der Waals surface area contributed by atoms with Crippen LogP contribution in [0.4, 0.5) is 4.79 Å². The quantitative estimate of drug-likeness (QED) is 0.687. The highest BCUT2D eigenvalue weighted by molar-refractivity contribution is 5.73. The summed E-state index contributed by atoms with van der Waals surface area (Å²) in [5.74, 6) is 0. The lowest BCUT2D eigenvalue weighted by Crippen LogP contribution is -2.44. The second-order valence-corrected chi connectivity index (χ2v) is 3.61. The second-order valence-electron chi connectivity index (χ2n) is 3.61. The molecule has 1 aliphatic heterocycles. The van der Waals surface area contributed by atoms with E-state index in [0.29, 0.717) is 13.1 Å². The summed E-state index contributed by atoms with van der Waals surface area (Å²) in [6.45, 7) is 6.00. The van der Waals surface area contributed by atoms with E-state index in [1.54, 1.807) is 0 Å². The van der Waals surface area contributed by atoms with Crippen LogP contribution in [0.25, 0.3) is 0 Å². The van der Waals surface area contributed by atoms with Crippen molar-refractivity contribution in [3.63, 3.8) is 0 Å². The predicted octanol–water partition coefficient (Wildman–Crippen LogP) is 0.875. The topological polar surface area (TPSA) is 50.4 Å². The first kappa shape index (κ1) is 10.3. The van der Waals surface area contributed by atoms with Crippen LogP contribution in [0, 0.1) is 0 Å². The van der Waals surface area contributed by atoms with Gasteiger partial charge in [0.1, 0.15) is 0 Å². The van der Waals surface area contributed by atoms with E-state index in [0.717, 1.165) is 19.4 Å². The van der Waals surface area contributed by atoms with Gasteiger partial charge in [-0.15, -0.1) is 0 Å².